The minimum absolute atomic E-state index is 0.640. The second-order valence-electron chi connectivity index (χ2n) is 2.33. The minimum Gasteiger partial charge on any atom is -0.378 e. The van der Waals surface area contributed by atoms with Gasteiger partial charge in [0.1, 0.15) is 0 Å². The van der Waals surface area contributed by atoms with E-state index in [-0.39, 0.29) is 0 Å². The van der Waals surface area contributed by atoms with E-state index < -0.39 is 0 Å². The normalized spacial score (nSPS) is 10.4. The molecule has 0 saturated carbocycles. The number of rotatable bonds is 6. The highest BCUT2D eigenvalue weighted by atomic mass is 16.5. The average molecular weight is 188 g/mol. The van der Waals surface area contributed by atoms with Crippen LogP contribution in [-0.4, -0.2) is 20.8 Å². The molecule has 3 heteroatoms. The van der Waals surface area contributed by atoms with Crippen LogP contribution in [0.25, 0.3) is 0 Å². The zero-order valence-corrected chi connectivity index (χ0v) is 9.61. The van der Waals surface area contributed by atoms with Crippen LogP contribution in [0, 0.1) is 0 Å². The molecule has 0 amide bonds. The van der Waals surface area contributed by atoms with Crippen molar-refractivity contribution in [2.45, 2.75) is 33.6 Å². The summed E-state index contributed by atoms with van der Waals surface area (Å²) in [5.41, 5.74) is 6.96. The van der Waals surface area contributed by atoms with E-state index in [0.29, 0.717) is 6.61 Å². The van der Waals surface area contributed by atoms with Gasteiger partial charge in [0, 0.05) is 19.9 Å². The van der Waals surface area contributed by atoms with Crippen molar-refractivity contribution >= 4 is 0 Å². The van der Waals surface area contributed by atoms with Crippen molar-refractivity contribution in [1.29, 1.82) is 0 Å². The highest BCUT2D eigenvalue weighted by Gasteiger charge is 1.91. The third-order valence-corrected chi connectivity index (χ3v) is 1.26. The van der Waals surface area contributed by atoms with Crippen LogP contribution in [0.5, 0.6) is 0 Å². The topological polar surface area (TPSA) is 33.3 Å². The maximum atomic E-state index is 4.98. The van der Waals surface area contributed by atoms with Gasteiger partial charge < -0.3 is 10.2 Å². The molecule has 80 valence electrons. The van der Waals surface area contributed by atoms with Crippen LogP contribution in [0.2, 0.25) is 0 Å². The molecule has 0 atom stereocenters. The summed E-state index contributed by atoms with van der Waals surface area (Å²) in [7, 11) is 3.53. The van der Waals surface area contributed by atoms with E-state index >= 15 is 0 Å². The Morgan fingerprint density at radius 1 is 1.38 bits per heavy atom. The van der Waals surface area contributed by atoms with E-state index in [0.717, 1.165) is 12.1 Å². The van der Waals surface area contributed by atoms with Crippen molar-refractivity contribution in [2.24, 2.45) is 0 Å². The first-order chi connectivity index (χ1) is 6.35. The SMILES string of the molecule is CC.CCC/C=C(/COC)NNC. The van der Waals surface area contributed by atoms with Gasteiger partial charge in [-0.1, -0.05) is 33.3 Å². The van der Waals surface area contributed by atoms with Gasteiger partial charge in [0.15, 0.2) is 0 Å². The summed E-state index contributed by atoms with van der Waals surface area (Å²) < 4.78 is 4.98. The lowest BCUT2D eigenvalue weighted by atomic mass is 10.3. The lowest BCUT2D eigenvalue weighted by Crippen LogP contribution is -2.28. The number of hydrogen-bond donors (Lipinski definition) is 2. The highest BCUT2D eigenvalue weighted by Crippen LogP contribution is 1.94. The molecule has 0 saturated heterocycles. The first-order valence-electron chi connectivity index (χ1n) is 4.95. The molecule has 13 heavy (non-hydrogen) atoms. The Balaban J connectivity index is 0. The number of unbranched alkanes of at least 4 members (excludes halogenated alkanes) is 1. The van der Waals surface area contributed by atoms with Gasteiger partial charge in [0.05, 0.1) is 6.61 Å². The second-order valence-corrected chi connectivity index (χ2v) is 2.33. The molecule has 2 N–H and O–H groups in total. The smallest absolute Gasteiger partial charge is 0.0869 e. The summed E-state index contributed by atoms with van der Waals surface area (Å²) in [5, 5.41) is 0. The molecule has 0 fully saturated rings. The van der Waals surface area contributed by atoms with Gasteiger partial charge >= 0.3 is 0 Å². The van der Waals surface area contributed by atoms with Crippen molar-refractivity contribution < 1.29 is 4.74 Å². The largest absolute Gasteiger partial charge is 0.378 e. The van der Waals surface area contributed by atoms with Gasteiger partial charge in [0.25, 0.3) is 0 Å². The fourth-order valence-electron chi connectivity index (χ4n) is 0.781. The molecule has 0 unspecified atom stereocenters. The molecule has 0 aromatic carbocycles. The Kier molecular flexibility index (Phi) is 16.1. The number of ether oxygens (including phenoxy) is 1. The third-order valence-electron chi connectivity index (χ3n) is 1.26. The molecule has 0 bridgehead atoms. The van der Waals surface area contributed by atoms with Gasteiger partial charge in [-0.2, -0.15) is 0 Å². The quantitative estimate of drug-likeness (QED) is 0.626. The molecule has 0 aromatic heterocycles. The molecular formula is C10H24N2O. The van der Waals surface area contributed by atoms with Crippen LogP contribution in [-0.2, 0) is 4.74 Å². The van der Waals surface area contributed by atoms with Crippen LogP contribution in [0.3, 0.4) is 0 Å². The fraction of sp³-hybridized carbons (Fsp3) is 0.800. The van der Waals surface area contributed by atoms with E-state index in [2.05, 4.69) is 23.9 Å². The van der Waals surface area contributed by atoms with E-state index in [4.69, 9.17) is 4.74 Å². The number of nitrogens with one attached hydrogen (secondary N) is 2. The average Bonchev–Trinajstić information content (AvgIpc) is 2.18. The molecule has 0 radical (unpaired) electrons. The zero-order chi connectivity index (χ0) is 10.5. The van der Waals surface area contributed by atoms with Crippen molar-refractivity contribution in [3.05, 3.63) is 11.8 Å². The van der Waals surface area contributed by atoms with Crippen molar-refractivity contribution in [1.82, 2.24) is 10.9 Å². The molecule has 0 aliphatic rings. The summed E-state index contributed by atoms with van der Waals surface area (Å²) in [6, 6.07) is 0. The van der Waals surface area contributed by atoms with E-state index in [9.17, 15) is 0 Å². The van der Waals surface area contributed by atoms with E-state index in [1.807, 2.05) is 20.9 Å². The summed E-state index contributed by atoms with van der Waals surface area (Å²) in [4.78, 5) is 0. The number of hydrogen-bond acceptors (Lipinski definition) is 3. The van der Waals surface area contributed by atoms with Gasteiger partial charge in [-0.05, 0) is 6.42 Å². The maximum Gasteiger partial charge on any atom is 0.0869 e. The van der Waals surface area contributed by atoms with E-state index in [1.165, 1.54) is 6.42 Å². The Morgan fingerprint density at radius 2 is 2.00 bits per heavy atom. The highest BCUT2D eigenvalue weighted by molar-refractivity contribution is 4.98. The van der Waals surface area contributed by atoms with Crippen LogP contribution in [0.4, 0.5) is 0 Å². The van der Waals surface area contributed by atoms with Crippen LogP contribution < -0.4 is 10.9 Å². The molecule has 0 spiro atoms. The van der Waals surface area contributed by atoms with Gasteiger partial charge in [-0.3, -0.25) is 0 Å². The molecule has 0 aliphatic heterocycles. The maximum absolute atomic E-state index is 4.98. The molecule has 0 rings (SSSR count). The lowest BCUT2D eigenvalue weighted by Gasteiger charge is -2.07. The van der Waals surface area contributed by atoms with Gasteiger partial charge in [-0.25, -0.2) is 5.43 Å². The zero-order valence-electron chi connectivity index (χ0n) is 9.61. The molecule has 0 aliphatic carbocycles. The molecule has 3 nitrogen and oxygen atoms in total. The molecule has 0 heterocycles. The number of hydrazine groups is 1. The Labute approximate surface area is 82.5 Å². The molecular weight excluding hydrogens is 164 g/mol. The van der Waals surface area contributed by atoms with Gasteiger partial charge in [-0.15, -0.1) is 0 Å². The van der Waals surface area contributed by atoms with Crippen molar-refractivity contribution in [3.63, 3.8) is 0 Å². The monoisotopic (exact) mass is 188 g/mol. The number of allylic oxidation sites excluding steroid dienone is 1. The predicted molar refractivity (Wildman–Crippen MR) is 58.4 cm³/mol. The van der Waals surface area contributed by atoms with Crippen molar-refractivity contribution in [3.8, 4) is 0 Å². The van der Waals surface area contributed by atoms with E-state index in [1.54, 1.807) is 7.11 Å². The summed E-state index contributed by atoms with van der Waals surface area (Å²) in [6.07, 6.45) is 4.39. The number of methoxy groups -OCH3 is 1. The Morgan fingerprint density at radius 3 is 2.38 bits per heavy atom. The lowest BCUT2D eigenvalue weighted by molar-refractivity contribution is 0.217. The molecule has 0 aromatic rings. The summed E-state index contributed by atoms with van der Waals surface area (Å²) in [5.74, 6) is 0. The predicted octanol–water partition coefficient (Wildman–Crippen LogP) is 2.07. The van der Waals surface area contributed by atoms with Crippen LogP contribution in [0.1, 0.15) is 33.6 Å². The minimum atomic E-state index is 0.640. The first kappa shape index (κ1) is 15.0. The Hall–Kier alpha value is -0.540. The first-order valence-corrected chi connectivity index (χ1v) is 4.95. The fourth-order valence-corrected chi connectivity index (χ4v) is 0.781. The second kappa shape index (κ2) is 14.0. The third kappa shape index (κ3) is 11.5. The summed E-state index contributed by atoms with van der Waals surface area (Å²) >= 11 is 0. The van der Waals surface area contributed by atoms with Crippen LogP contribution >= 0.6 is 0 Å². The van der Waals surface area contributed by atoms with Crippen molar-refractivity contribution in [2.75, 3.05) is 20.8 Å². The van der Waals surface area contributed by atoms with Gasteiger partial charge in [0.2, 0.25) is 0 Å². The summed E-state index contributed by atoms with van der Waals surface area (Å²) in [6.45, 7) is 6.79. The standard InChI is InChI=1S/C8H18N2O.C2H6/c1-4-5-6-8(7-11-3)10-9-2;1-2/h6,9-10H,4-5,7H2,1-3H3;1-2H3/b8-6-;. The van der Waals surface area contributed by atoms with Crippen LogP contribution in [0.15, 0.2) is 11.8 Å². The Bertz CT molecular complexity index is 105.